The van der Waals surface area contributed by atoms with Crippen LogP contribution in [0.25, 0.3) is 0 Å². The highest BCUT2D eigenvalue weighted by molar-refractivity contribution is 5.84. The fourth-order valence-electron chi connectivity index (χ4n) is 5.37. The summed E-state index contributed by atoms with van der Waals surface area (Å²) in [7, 11) is 0. The summed E-state index contributed by atoms with van der Waals surface area (Å²) in [6, 6.07) is 20.6. The van der Waals surface area contributed by atoms with Crippen LogP contribution in [0.1, 0.15) is 62.4 Å². The summed E-state index contributed by atoms with van der Waals surface area (Å²) in [5.74, 6) is 0.129. The fourth-order valence-corrected chi connectivity index (χ4v) is 5.37. The third-order valence-corrected chi connectivity index (χ3v) is 8.11. The number of hydrogen-bond acceptors (Lipinski definition) is 8. The van der Waals surface area contributed by atoms with Crippen molar-refractivity contribution in [3.63, 3.8) is 0 Å². The Morgan fingerprint density at radius 3 is 2.18 bits per heavy atom. The zero-order chi connectivity index (χ0) is 37.0. The lowest BCUT2D eigenvalue weighted by Gasteiger charge is -2.45. The zero-order valence-electron chi connectivity index (χ0n) is 29.5. The first-order valence-corrected chi connectivity index (χ1v) is 17.0. The monoisotopic (exact) mass is 716 g/mol. The van der Waals surface area contributed by atoms with Crippen molar-refractivity contribution in [1.82, 2.24) is 5.32 Å². The van der Waals surface area contributed by atoms with Crippen LogP contribution in [0.5, 0.6) is 0 Å². The molecule has 2 N–H and O–H groups in total. The Labute approximate surface area is 296 Å². The molecule has 1 fully saturated rings. The summed E-state index contributed by atoms with van der Waals surface area (Å²) in [5, 5.41) is 5.26. The molecule has 13 heteroatoms. The first-order valence-electron chi connectivity index (χ1n) is 17.0. The Hall–Kier alpha value is -4.17. The lowest BCUT2D eigenvalue weighted by molar-refractivity contribution is -0.318. The van der Waals surface area contributed by atoms with Crippen LogP contribution in [-0.2, 0) is 41.2 Å². The van der Waals surface area contributed by atoms with Crippen molar-refractivity contribution in [3.05, 3.63) is 101 Å². The summed E-state index contributed by atoms with van der Waals surface area (Å²) >= 11 is 0. The van der Waals surface area contributed by atoms with E-state index < -0.39 is 54.6 Å². The third-order valence-electron chi connectivity index (χ3n) is 8.11. The Morgan fingerprint density at radius 1 is 0.843 bits per heavy atom. The molecule has 1 aliphatic rings. The number of benzene rings is 3. The topological polar surface area (TPSA) is 114 Å². The predicted molar refractivity (Wildman–Crippen MR) is 184 cm³/mol. The number of rotatable bonds is 15. The minimum absolute atomic E-state index is 0.0725. The van der Waals surface area contributed by atoms with E-state index in [-0.39, 0.29) is 37.5 Å². The summed E-state index contributed by atoms with van der Waals surface area (Å²) in [6.07, 6.45) is -10.8. The predicted octanol–water partition coefficient (Wildman–Crippen LogP) is 8.20. The van der Waals surface area contributed by atoms with Gasteiger partial charge in [0.05, 0.1) is 24.8 Å². The number of nitrogens with one attached hydrogen (secondary N) is 2. The second kappa shape index (κ2) is 18.9. The molecule has 3 aromatic carbocycles. The van der Waals surface area contributed by atoms with Gasteiger partial charge in [0.1, 0.15) is 24.9 Å². The zero-order valence-corrected chi connectivity index (χ0v) is 29.5. The van der Waals surface area contributed by atoms with Gasteiger partial charge in [-0.2, -0.15) is 13.2 Å². The van der Waals surface area contributed by atoms with Crippen molar-refractivity contribution in [3.8, 4) is 0 Å². The quantitative estimate of drug-likeness (QED) is 0.162. The molecule has 278 valence electrons. The van der Waals surface area contributed by atoms with Gasteiger partial charge in [0, 0.05) is 12.3 Å². The molecule has 0 radical (unpaired) electrons. The van der Waals surface area contributed by atoms with Gasteiger partial charge in [-0.3, -0.25) is 5.32 Å². The molecule has 3 aromatic rings. The van der Waals surface area contributed by atoms with E-state index in [1.807, 2.05) is 89.2 Å². The summed E-state index contributed by atoms with van der Waals surface area (Å²) in [4.78, 5) is 26.3. The Morgan fingerprint density at radius 2 is 1.53 bits per heavy atom. The lowest BCUT2D eigenvalue weighted by atomic mass is 9.98. The molecule has 2 amide bonds. The van der Waals surface area contributed by atoms with Gasteiger partial charge in [0.15, 0.2) is 12.4 Å². The number of alkyl carbamates (subject to hydrolysis) is 1. The van der Waals surface area contributed by atoms with Crippen molar-refractivity contribution >= 4 is 17.9 Å². The smallest absolute Gasteiger partial charge is 0.416 e. The Bertz CT molecular complexity index is 1520. The van der Waals surface area contributed by atoms with E-state index in [1.165, 1.54) is 0 Å². The number of carbonyl (C=O) groups is 2. The van der Waals surface area contributed by atoms with Crippen molar-refractivity contribution in [1.29, 1.82) is 0 Å². The molecule has 0 unspecified atom stereocenters. The number of halogens is 3. The van der Waals surface area contributed by atoms with Crippen LogP contribution in [0.2, 0.25) is 0 Å². The third kappa shape index (κ3) is 12.0. The van der Waals surface area contributed by atoms with E-state index in [0.29, 0.717) is 13.0 Å². The van der Waals surface area contributed by atoms with E-state index >= 15 is 0 Å². The van der Waals surface area contributed by atoms with Gasteiger partial charge >= 0.3 is 18.4 Å². The summed E-state index contributed by atoms with van der Waals surface area (Å²) in [6.45, 7) is 10.0. The first kappa shape index (κ1) is 39.6. The maximum Gasteiger partial charge on any atom is 0.416 e. The second-order valence-electron chi connectivity index (χ2n) is 12.8. The van der Waals surface area contributed by atoms with Crippen LogP contribution in [0.3, 0.4) is 0 Å². The van der Waals surface area contributed by atoms with Gasteiger partial charge in [-0.15, -0.1) is 0 Å². The molecule has 6 atom stereocenters. The Balaban J connectivity index is 1.60. The van der Waals surface area contributed by atoms with Crippen molar-refractivity contribution < 1.29 is 51.2 Å². The molecule has 0 bridgehead atoms. The van der Waals surface area contributed by atoms with Crippen LogP contribution < -0.4 is 10.6 Å². The summed E-state index contributed by atoms with van der Waals surface area (Å²) < 4.78 is 76.2. The van der Waals surface area contributed by atoms with E-state index in [4.69, 9.17) is 28.4 Å². The van der Waals surface area contributed by atoms with Crippen molar-refractivity contribution in [2.45, 2.75) is 90.6 Å². The molecule has 0 saturated carbocycles. The number of carbonyl (C=O) groups excluding carboxylic acids is 2. The molecule has 0 aliphatic carbocycles. The molecule has 1 aliphatic heterocycles. The largest absolute Gasteiger partial charge is 0.447 e. The van der Waals surface area contributed by atoms with E-state index in [2.05, 4.69) is 10.6 Å². The number of ether oxygens (including phenoxy) is 6. The SMILES string of the molecule is CCCO[C@@H]1[C@@H](OCc2ccccc2C)[C@H](OCC(C)C)O[C@H](COC(=O)N[C@@H](C)c2ccccc2)[C@H]1OC(=O)Nc1ccc(C(F)(F)F)cc1. The van der Waals surface area contributed by atoms with Gasteiger partial charge in [-0.1, -0.05) is 75.4 Å². The van der Waals surface area contributed by atoms with Crippen molar-refractivity contribution in [2.75, 3.05) is 25.1 Å². The number of aryl methyl sites for hydroxylation is 1. The Kier molecular flexibility index (Phi) is 14.7. The minimum Gasteiger partial charge on any atom is -0.447 e. The fraction of sp³-hybridized carbons (Fsp3) is 0.474. The second-order valence-corrected chi connectivity index (χ2v) is 12.8. The van der Waals surface area contributed by atoms with Gasteiger partial charge in [0.25, 0.3) is 0 Å². The maximum atomic E-state index is 13.3. The molecule has 1 saturated heterocycles. The number of amides is 2. The molecular formula is C38H47F3N2O8. The summed E-state index contributed by atoms with van der Waals surface area (Å²) in [5.41, 5.74) is 2.00. The van der Waals surface area contributed by atoms with Gasteiger partial charge < -0.3 is 33.7 Å². The standard InChI is InChI=1S/C38H47F3N2O8/c1-6-20-46-33-32(51-37(45)43-30-18-16-29(17-19-30)38(39,40)41)31(23-49-36(44)42-26(5)27-13-8-7-9-14-27)50-35(48-21-24(2)3)34(33)47-22-28-15-11-10-12-25(28)4/h7-19,24,26,31-35H,6,20-23H2,1-5H3,(H,42,44)(H,43,45)/t26-,31+,32+,33-,34+,35+/m0/s1. The van der Waals surface area contributed by atoms with Crippen LogP contribution >= 0.6 is 0 Å². The van der Waals surface area contributed by atoms with E-state index in [0.717, 1.165) is 41.0 Å². The van der Waals surface area contributed by atoms with Crippen LogP contribution in [-0.4, -0.2) is 62.7 Å². The number of hydrogen-bond donors (Lipinski definition) is 2. The van der Waals surface area contributed by atoms with Gasteiger partial charge in [0.2, 0.25) is 0 Å². The average molecular weight is 717 g/mol. The van der Waals surface area contributed by atoms with Gasteiger partial charge in [-0.05, 0) is 67.1 Å². The highest BCUT2D eigenvalue weighted by Crippen LogP contribution is 2.32. The molecule has 0 spiro atoms. The highest BCUT2D eigenvalue weighted by Gasteiger charge is 2.51. The van der Waals surface area contributed by atoms with Gasteiger partial charge in [-0.25, -0.2) is 9.59 Å². The van der Waals surface area contributed by atoms with Crippen LogP contribution in [0.15, 0.2) is 78.9 Å². The first-order chi connectivity index (χ1) is 24.3. The molecule has 1 heterocycles. The number of anilines is 1. The molecular weight excluding hydrogens is 669 g/mol. The maximum absolute atomic E-state index is 13.3. The molecule has 0 aromatic heterocycles. The van der Waals surface area contributed by atoms with Crippen LogP contribution in [0.4, 0.5) is 28.4 Å². The molecule has 10 nitrogen and oxygen atoms in total. The molecule has 51 heavy (non-hydrogen) atoms. The highest BCUT2D eigenvalue weighted by atomic mass is 19.4. The lowest BCUT2D eigenvalue weighted by Crippen LogP contribution is -2.62. The average Bonchev–Trinajstić information content (AvgIpc) is 3.09. The minimum atomic E-state index is -4.54. The molecule has 4 rings (SSSR count). The van der Waals surface area contributed by atoms with Crippen molar-refractivity contribution in [2.24, 2.45) is 5.92 Å². The van der Waals surface area contributed by atoms with E-state index in [9.17, 15) is 22.8 Å². The van der Waals surface area contributed by atoms with Crippen LogP contribution in [0, 0.1) is 12.8 Å². The normalized spacial score (nSPS) is 21.2. The van der Waals surface area contributed by atoms with E-state index in [1.54, 1.807) is 0 Å². The number of alkyl halides is 3.